The first-order chi connectivity index (χ1) is 6.25. The van der Waals surface area contributed by atoms with E-state index in [9.17, 15) is 10.1 Å². The molecule has 4 atom stereocenters. The van der Waals surface area contributed by atoms with Crippen LogP contribution >= 0.6 is 0 Å². The Bertz CT molecular complexity index is 289. The van der Waals surface area contributed by atoms with Gasteiger partial charge in [0, 0.05) is 5.57 Å². The van der Waals surface area contributed by atoms with Gasteiger partial charge in [-0.15, -0.1) is 0 Å². The quantitative estimate of drug-likeness (QED) is 0.457. The maximum absolute atomic E-state index is 10.4. The summed E-state index contributed by atoms with van der Waals surface area (Å²) in [5.74, 6) is 2.91. The number of hydrogen-bond donors (Lipinski definition) is 0. The van der Waals surface area contributed by atoms with Crippen LogP contribution in [-0.4, -0.2) is 4.92 Å². The standard InChI is InChI=1S/C10H13NO2/c12-11(13)5-10-7-2-1-6-3-8(7)9(10)4-6/h5-9H,1-4H2/b10-5+/t6-,7+,8-,9-/m1/s1. The summed E-state index contributed by atoms with van der Waals surface area (Å²) in [5.41, 5.74) is 1.16. The summed E-state index contributed by atoms with van der Waals surface area (Å²) >= 11 is 0. The van der Waals surface area contributed by atoms with E-state index in [1.165, 1.54) is 31.9 Å². The largest absolute Gasteiger partial charge is 0.259 e. The van der Waals surface area contributed by atoms with Crippen LogP contribution in [0.4, 0.5) is 0 Å². The van der Waals surface area contributed by atoms with Gasteiger partial charge in [-0.1, -0.05) is 0 Å². The monoisotopic (exact) mass is 179 g/mol. The van der Waals surface area contributed by atoms with Crippen molar-refractivity contribution in [2.75, 3.05) is 0 Å². The van der Waals surface area contributed by atoms with Crippen LogP contribution in [0.15, 0.2) is 11.8 Å². The van der Waals surface area contributed by atoms with Gasteiger partial charge in [-0.05, 0) is 49.4 Å². The van der Waals surface area contributed by atoms with E-state index in [2.05, 4.69) is 0 Å². The molecule has 3 nitrogen and oxygen atoms in total. The number of allylic oxidation sites excluding steroid dienone is 1. The predicted molar refractivity (Wildman–Crippen MR) is 47.5 cm³/mol. The van der Waals surface area contributed by atoms with Crippen molar-refractivity contribution >= 4 is 0 Å². The first-order valence-corrected chi connectivity index (χ1v) is 5.11. The Morgan fingerprint density at radius 2 is 2.15 bits per heavy atom. The van der Waals surface area contributed by atoms with Crippen molar-refractivity contribution < 1.29 is 4.92 Å². The molecule has 0 amide bonds. The second-order valence-electron chi connectivity index (χ2n) is 4.71. The molecule has 2 bridgehead atoms. The Balaban J connectivity index is 1.90. The average molecular weight is 179 g/mol. The number of rotatable bonds is 1. The third-order valence-electron chi connectivity index (χ3n) is 4.22. The van der Waals surface area contributed by atoms with Crippen molar-refractivity contribution in [3.8, 4) is 0 Å². The summed E-state index contributed by atoms with van der Waals surface area (Å²) in [6.07, 6.45) is 6.41. The predicted octanol–water partition coefficient (Wildman–Crippen LogP) is 2.21. The second-order valence-corrected chi connectivity index (χ2v) is 4.71. The van der Waals surface area contributed by atoms with Gasteiger partial charge in [-0.3, -0.25) is 10.1 Å². The molecule has 3 rings (SSSR count). The Morgan fingerprint density at radius 1 is 1.31 bits per heavy atom. The fourth-order valence-electron chi connectivity index (χ4n) is 3.76. The average Bonchev–Trinajstić information content (AvgIpc) is 2.26. The highest BCUT2D eigenvalue weighted by atomic mass is 16.6. The third kappa shape index (κ3) is 0.901. The molecule has 3 heteroatoms. The minimum Gasteiger partial charge on any atom is -0.259 e. The molecule has 3 saturated carbocycles. The minimum atomic E-state index is -0.267. The van der Waals surface area contributed by atoms with Gasteiger partial charge in [0.15, 0.2) is 0 Å². The molecule has 13 heavy (non-hydrogen) atoms. The van der Waals surface area contributed by atoms with Crippen LogP contribution in [0.1, 0.15) is 25.7 Å². The fraction of sp³-hybridized carbons (Fsp3) is 0.800. The molecule has 0 aromatic carbocycles. The maximum atomic E-state index is 10.4. The lowest BCUT2D eigenvalue weighted by Crippen LogP contribution is -2.37. The van der Waals surface area contributed by atoms with Crippen molar-refractivity contribution in [2.45, 2.75) is 25.7 Å². The van der Waals surface area contributed by atoms with E-state index >= 15 is 0 Å². The molecule has 0 N–H and O–H groups in total. The highest BCUT2D eigenvalue weighted by Gasteiger charge is 2.55. The fourth-order valence-corrected chi connectivity index (χ4v) is 3.76. The smallest absolute Gasteiger partial charge is 0.234 e. The van der Waals surface area contributed by atoms with Crippen LogP contribution in [-0.2, 0) is 0 Å². The van der Waals surface area contributed by atoms with Crippen LogP contribution in [0.2, 0.25) is 0 Å². The highest BCUT2D eigenvalue weighted by Crippen LogP contribution is 2.63. The summed E-state index contributed by atoms with van der Waals surface area (Å²) in [4.78, 5) is 10.1. The SMILES string of the molecule is O=[N+]([O-])/C=C1\[C@H]2CC[C@@H]3C[C@H]2[C@H]1C3. The number of nitro groups is 1. The molecule has 0 saturated heterocycles. The van der Waals surface area contributed by atoms with Gasteiger partial charge >= 0.3 is 0 Å². The molecule has 0 spiro atoms. The van der Waals surface area contributed by atoms with Crippen molar-refractivity contribution in [3.05, 3.63) is 21.9 Å². The van der Waals surface area contributed by atoms with E-state index < -0.39 is 0 Å². The van der Waals surface area contributed by atoms with Gasteiger partial charge in [0.1, 0.15) is 0 Å². The summed E-state index contributed by atoms with van der Waals surface area (Å²) < 4.78 is 0. The zero-order valence-electron chi connectivity index (χ0n) is 7.48. The topological polar surface area (TPSA) is 43.1 Å². The highest BCUT2D eigenvalue weighted by molar-refractivity contribution is 5.26. The zero-order valence-corrected chi connectivity index (χ0v) is 7.48. The molecule has 0 unspecified atom stereocenters. The molecule has 70 valence electrons. The molecular formula is C10H13NO2. The summed E-state index contributed by atoms with van der Waals surface area (Å²) in [6, 6.07) is 0. The van der Waals surface area contributed by atoms with Gasteiger partial charge in [-0.2, -0.15) is 0 Å². The Morgan fingerprint density at radius 3 is 2.92 bits per heavy atom. The Kier molecular flexibility index (Phi) is 1.35. The van der Waals surface area contributed by atoms with E-state index in [4.69, 9.17) is 0 Å². The number of fused-ring (bicyclic) bond motifs is 1. The first-order valence-electron chi connectivity index (χ1n) is 5.11. The van der Waals surface area contributed by atoms with Crippen LogP contribution in [0.3, 0.4) is 0 Å². The van der Waals surface area contributed by atoms with Crippen molar-refractivity contribution in [1.82, 2.24) is 0 Å². The van der Waals surface area contributed by atoms with E-state index in [1.807, 2.05) is 0 Å². The van der Waals surface area contributed by atoms with E-state index in [0.717, 1.165) is 17.4 Å². The van der Waals surface area contributed by atoms with Gasteiger partial charge in [0.05, 0.1) is 4.92 Å². The summed E-state index contributed by atoms with van der Waals surface area (Å²) in [7, 11) is 0. The normalized spacial score (nSPS) is 49.1. The van der Waals surface area contributed by atoms with Crippen LogP contribution < -0.4 is 0 Å². The second kappa shape index (κ2) is 2.34. The Labute approximate surface area is 77.0 Å². The molecule has 0 radical (unpaired) electrons. The van der Waals surface area contributed by atoms with Crippen LogP contribution in [0, 0.1) is 33.8 Å². The molecular weight excluding hydrogens is 166 g/mol. The molecule has 3 fully saturated rings. The molecule has 0 heterocycles. The lowest BCUT2D eigenvalue weighted by molar-refractivity contribution is -0.405. The first kappa shape index (κ1) is 7.54. The zero-order chi connectivity index (χ0) is 9.00. The van der Waals surface area contributed by atoms with Gasteiger partial charge in [0.2, 0.25) is 6.20 Å². The van der Waals surface area contributed by atoms with Gasteiger partial charge in [0.25, 0.3) is 0 Å². The molecule has 3 aliphatic rings. The lowest BCUT2D eigenvalue weighted by atomic mass is 9.60. The maximum Gasteiger partial charge on any atom is 0.234 e. The van der Waals surface area contributed by atoms with Crippen molar-refractivity contribution in [2.24, 2.45) is 23.7 Å². The lowest BCUT2D eigenvalue weighted by Gasteiger charge is -2.43. The van der Waals surface area contributed by atoms with E-state index in [0.29, 0.717) is 11.8 Å². The number of hydrogen-bond acceptors (Lipinski definition) is 2. The molecule has 0 aliphatic heterocycles. The number of nitrogens with zero attached hydrogens (tertiary/aromatic N) is 1. The third-order valence-corrected chi connectivity index (χ3v) is 4.22. The Hall–Kier alpha value is -0.860. The van der Waals surface area contributed by atoms with Crippen molar-refractivity contribution in [1.29, 1.82) is 0 Å². The van der Waals surface area contributed by atoms with E-state index in [-0.39, 0.29) is 4.92 Å². The van der Waals surface area contributed by atoms with Gasteiger partial charge < -0.3 is 0 Å². The van der Waals surface area contributed by atoms with Crippen molar-refractivity contribution in [3.63, 3.8) is 0 Å². The molecule has 0 aromatic heterocycles. The van der Waals surface area contributed by atoms with E-state index in [1.54, 1.807) is 0 Å². The van der Waals surface area contributed by atoms with Gasteiger partial charge in [-0.25, -0.2) is 0 Å². The summed E-state index contributed by atoms with van der Waals surface area (Å²) in [6.45, 7) is 0. The minimum absolute atomic E-state index is 0.267. The summed E-state index contributed by atoms with van der Waals surface area (Å²) in [5, 5.41) is 10.4. The van der Waals surface area contributed by atoms with Crippen LogP contribution in [0.5, 0.6) is 0 Å². The molecule has 0 aromatic rings. The van der Waals surface area contributed by atoms with Crippen LogP contribution in [0.25, 0.3) is 0 Å². The molecule has 3 aliphatic carbocycles.